The van der Waals surface area contributed by atoms with Gasteiger partial charge >= 0.3 is 0 Å². The normalized spacial score (nSPS) is 24.1. The molecule has 4 heterocycles. The van der Waals surface area contributed by atoms with Gasteiger partial charge in [0.1, 0.15) is 6.10 Å². The van der Waals surface area contributed by atoms with Gasteiger partial charge in [-0.25, -0.2) is 4.98 Å². The van der Waals surface area contributed by atoms with E-state index >= 15 is 0 Å². The lowest BCUT2D eigenvalue weighted by Gasteiger charge is -2.53. The van der Waals surface area contributed by atoms with Crippen LogP contribution in [-0.2, 0) is 11.3 Å². The first kappa shape index (κ1) is 14.1. The maximum absolute atomic E-state index is 6.06. The summed E-state index contributed by atoms with van der Waals surface area (Å²) in [6.07, 6.45) is 7.02. The van der Waals surface area contributed by atoms with Crippen molar-refractivity contribution in [2.24, 2.45) is 0 Å². The predicted molar refractivity (Wildman–Crippen MR) is 84.0 cm³/mol. The Labute approximate surface area is 133 Å². The van der Waals surface area contributed by atoms with Crippen LogP contribution < -0.4 is 4.74 Å². The molecule has 2 saturated heterocycles. The molecule has 2 aliphatic heterocycles. The molecular weight excluding hydrogens is 298 g/mol. The van der Waals surface area contributed by atoms with Crippen molar-refractivity contribution in [3.63, 3.8) is 0 Å². The third-order valence-electron chi connectivity index (χ3n) is 4.28. The van der Waals surface area contributed by atoms with Crippen LogP contribution in [0.5, 0.6) is 5.88 Å². The highest BCUT2D eigenvalue weighted by Gasteiger charge is 2.48. The minimum atomic E-state index is -0.0266. The maximum Gasteiger partial charge on any atom is 0.232 e. The molecule has 1 atom stereocenters. The van der Waals surface area contributed by atoms with Gasteiger partial charge in [-0.2, -0.15) is 11.3 Å². The number of nitrogens with zero attached hydrogens (tertiary/aromatic N) is 3. The van der Waals surface area contributed by atoms with Gasteiger partial charge in [0.05, 0.1) is 18.4 Å². The molecule has 0 radical (unpaired) electrons. The summed E-state index contributed by atoms with van der Waals surface area (Å²) >= 11 is 1.75. The summed E-state index contributed by atoms with van der Waals surface area (Å²) in [5.41, 5.74) is 1.37. The molecule has 0 bridgehead atoms. The molecule has 0 N–H and O–H groups in total. The number of likely N-dealkylation sites (tertiary alicyclic amines) is 1. The molecule has 4 rings (SSSR count). The summed E-state index contributed by atoms with van der Waals surface area (Å²) in [7, 11) is 0. The van der Waals surface area contributed by atoms with Crippen molar-refractivity contribution in [1.29, 1.82) is 0 Å². The van der Waals surface area contributed by atoms with Crippen molar-refractivity contribution in [1.82, 2.24) is 14.9 Å². The van der Waals surface area contributed by atoms with Crippen molar-refractivity contribution >= 4 is 11.3 Å². The van der Waals surface area contributed by atoms with E-state index in [-0.39, 0.29) is 11.7 Å². The maximum atomic E-state index is 6.06. The Balaban J connectivity index is 1.32. The zero-order chi connectivity index (χ0) is 14.8. The van der Waals surface area contributed by atoms with Crippen molar-refractivity contribution in [2.75, 3.05) is 19.7 Å². The summed E-state index contributed by atoms with van der Waals surface area (Å²) in [5, 5.41) is 4.35. The zero-order valence-electron chi connectivity index (χ0n) is 12.4. The largest absolute Gasteiger partial charge is 0.473 e. The Morgan fingerprint density at radius 2 is 2.36 bits per heavy atom. The molecule has 22 heavy (non-hydrogen) atoms. The summed E-state index contributed by atoms with van der Waals surface area (Å²) in [5.74, 6) is 0.610. The van der Waals surface area contributed by atoms with E-state index in [1.807, 2.05) is 0 Å². The molecule has 0 saturated carbocycles. The van der Waals surface area contributed by atoms with Crippen LogP contribution in [0.2, 0.25) is 0 Å². The smallest absolute Gasteiger partial charge is 0.232 e. The number of ether oxygens (including phenoxy) is 2. The Kier molecular flexibility index (Phi) is 3.82. The standard InChI is InChI=1S/C16H19N3O2S/c1-5-20-16(7-14(1)21-15-8-17-3-4-18-15)11-19(12-16)9-13-2-6-22-10-13/h2-4,6,8,10,14H,1,5,7,9,11-12H2/t14-/m1/s1. The minimum absolute atomic E-state index is 0.0266. The second-order valence-corrected chi connectivity index (χ2v) is 6.86. The van der Waals surface area contributed by atoms with Crippen molar-refractivity contribution in [3.8, 4) is 5.88 Å². The quantitative estimate of drug-likeness (QED) is 0.866. The molecule has 0 aliphatic carbocycles. The van der Waals surface area contributed by atoms with Gasteiger partial charge in [-0.3, -0.25) is 9.88 Å². The van der Waals surface area contributed by atoms with Gasteiger partial charge < -0.3 is 9.47 Å². The van der Waals surface area contributed by atoms with E-state index in [0.29, 0.717) is 5.88 Å². The van der Waals surface area contributed by atoms with E-state index in [0.717, 1.165) is 39.1 Å². The monoisotopic (exact) mass is 317 g/mol. The molecule has 0 amide bonds. The SMILES string of the molecule is c1cnc(O[C@@H]2CCOC3(C2)CN(Cc2ccsc2)C3)cn1. The molecule has 0 unspecified atom stereocenters. The van der Waals surface area contributed by atoms with Gasteiger partial charge in [-0.1, -0.05) is 0 Å². The molecular formula is C16H19N3O2S. The summed E-state index contributed by atoms with van der Waals surface area (Å²) in [6, 6.07) is 2.19. The first-order valence-electron chi connectivity index (χ1n) is 7.61. The van der Waals surface area contributed by atoms with E-state index in [1.54, 1.807) is 29.9 Å². The number of hydrogen-bond acceptors (Lipinski definition) is 6. The van der Waals surface area contributed by atoms with Gasteiger partial charge in [-0.15, -0.1) is 0 Å². The van der Waals surface area contributed by atoms with Gasteiger partial charge in [-0.05, 0) is 22.4 Å². The predicted octanol–water partition coefficient (Wildman–Crippen LogP) is 2.35. The lowest BCUT2D eigenvalue weighted by Crippen LogP contribution is -2.65. The molecule has 6 heteroatoms. The highest BCUT2D eigenvalue weighted by atomic mass is 32.1. The van der Waals surface area contributed by atoms with Gasteiger partial charge in [0.15, 0.2) is 0 Å². The summed E-state index contributed by atoms with van der Waals surface area (Å²) in [6.45, 7) is 3.76. The van der Waals surface area contributed by atoms with Crippen LogP contribution in [0.4, 0.5) is 0 Å². The summed E-state index contributed by atoms with van der Waals surface area (Å²) in [4.78, 5) is 10.7. The third-order valence-corrected chi connectivity index (χ3v) is 5.02. The fourth-order valence-electron chi connectivity index (χ4n) is 3.34. The van der Waals surface area contributed by atoms with Crippen molar-refractivity contribution in [2.45, 2.75) is 31.1 Å². The molecule has 116 valence electrons. The molecule has 1 spiro atoms. The summed E-state index contributed by atoms with van der Waals surface area (Å²) < 4.78 is 12.0. The highest BCUT2D eigenvalue weighted by molar-refractivity contribution is 7.07. The second kappa shape index (κ2) is 5.95. The molecule has 5 nitrogen and oxygen atoms in total. The number of rotatable bonds is 4. The van der Waals surface area contributed by atoms with Crippen LogP contribution >= 0.6 is 11.3 Å². The number of thiophene rings is 1. The van der Waals surface area contributed by atoms with Crippen LogP contribution in [0, 0.1) is 0 Å². The Morgan fingerprint density at radius 1 is 1.41 bits per heavy atom. The van der Waals surface area contributed by atoms with E-state index in [4.69, 9.17) is 9.47 Å². The average molecular weight is 317 g/mol. The van der Waals surface area contributed by atoms with Gasteiger partial charge in [0.2, 0.25) is 5.88 Å². The molecule has 2 fully saturated rings. The van der Waals surface area contributed by atoms with E-state index in [1.165, 1.54) is 5.56 Å². The first-order chi connectivity index (χ1) is 10.8. The minimum Gasteiger partial charge on any atom is -0.473 e. The third kappa shape index (κ3) is 2.99. The fourth-order valence-corrected chi connectivity index (χ4v) is 4.00. The van der Waals surface area contributed by atoms with Crippen molar-refractivity contribution in [3.05, 3.63) is 41.0 Å². The van der Waals surface area contributed by atoms with E-state index < -0.39 is 0 Å². The molecule has 2 aromatic heterocycles. The van der Waals surface area contributed by atoms with Gasteiger partial charge in [0.25, 0.3) is 0 Å². The van der Waals surface area contributed by atoms with Crippen LogP contribution in [0.3, 0.4) is 0 Å². The molecule has 2 aliphatic rings. The Bertz CT molecular complexity index is 599. The van der Waals surface area contributed by atoms with E-state index in [2.05, 4.69) is 31.7 Å². The number of aromatic nitrogens is 2. The Morgan fingerprint density at radius 3 is 3.14 bits per heavy atom. The van der Waals surface area contributed by atoms with Crippen LogP contribution in [0.15, 0.2) is 35.4 Å². The second-order valence-electron chi connectivity index (χ2n) is 6.08. The van der Waals surface area contributed by atoms with Crippen molar-refractivity contribution < 1.29 is 9.47 Å². The Hall–Kier alpha value is -1.50. The van der Waals surface area contributed by atoms with Crippen LogP contribution in [0.1, 0.15) is 18.4 Å². The fraction of sp³-hybridized carbons (Fsp3) is 0.500. The van der Waals surface area contributed by atoms with Crippen LogP contribution in [0.25, 0.3) is 0 Å². The van der Waals surface area contributed by atoms with Crippen LogP contribution in [-0.4, -0.2) is 46.3 Å². The zero-order valence-corrected chi connectivity index (χ0v) is 13.2. The van der Waals surface area contributed by atoms with E-state index in [9.17, 15) is 0 Å². The molecule has 0 aromatic carbocycles. The number of hydrogen-bond donors (Lipinski definition) is 0. The topological polar surface area (TPSA) is 47.5 Å². The average Bonchev–Trinajstić information content (AvgIpc) is 3.00. The van der Waals surface area contributed by atoms with Gasteiger partial charge in [0, 0.05) is 44.9 Å². The lowest BCUT2D eigenvalue weighted by molar-refractivity contribution is -0.188. The highest BCUT2D eigenvalue weighted by Crippen LogP contribution is 2.36. The first-order valence-corrected chi connectivity index (χ1v) is 8.56. The molecule has 2 aromatic rings. The lowest BCUT2D eigenvalue weighted by atomic mass is 9.84.